The SMILES string of the molecule is CC1(C)[C@H]2CC[C@]1(C)c1nnc(-c3cc(F)c(F)cc3Cl)cc12. The molecule has 1 heterocycles. The van der Waals surface area contributed by atoms with Crippen LogP contribution >= 0.6 is 11.6 Å². The molecule has 23 heavy (non-hydrogen) atoms. The van der Waals surface area contributed by atoms with E-state index in [9.17, 15) is 8.78 Å². The summed E-state index contributed by atoms with van der Waals surface area (Å²) < 4.78 is 26.8. The molecule has 1 fully saturated rings. The maximum Gasteiger partial charge on any atom is 0.160 e. The van der Waals surface area contributed by atoms with Crippen LogP contribution in [0.15, 0.2) is 18.2 Å². The molecule has 1 aromatic carbocycles. The minimum atomic E-state index is -0.958. The van der Waals surface area contributed by atoms with Crippen LogP contribution < -0.4 is 0 Å². The van der Waals surface area contributed by atoms with Gasteiger partial charge in [-0.25, -0.2) is 8.78 Å². The van der Waals surface area contributed by atoms with Gasteiger partial charge in [-0.2, -0.15) is 10.2 Å². The Labute approximate surface area is 138 Å². The quantitative estimate of drug-likeness (QED) is 0.666. The fourth-order valence-electron chi connectivity index (χ4n) is 4.42. The molecule has 0 aliphatic heterocycles. The molecule has 0 unspecified atom stereocenters. The lowest BCUT2D eigenvalue weighted by Crippen LogP contribution is -2.32. The third-order valence-electron chi connectivity index (χ3n) is 6.23. The minimum absolute atomic E-state index is 0.0242. The number of halogens is 3. The summed E-state index contributed by atoms with van der Waals surface area (Å²) in [7, 11) is 0. The molecule has 2 bridgehead atoms. The Morgan fingerprint density at radius 1 is 1.09 bits per heavy atom. The predicted octanol–water partition coefficient (Wildman–Crippen LogP) is 5.25. The van der Waals surface area contributed by atoms with Crippen molar-refractivity contribution in [1.29, 1.82) is 0 Å². The molecule has 1 saturated carbocycles. The molecule has 0 amide bonds. The molecule has 2 aromatic rings. The van der Waals surface area contributed by atoms with E-state index < -0.39 is 11.6 Å². The molecule has 120 valence electrons. The molecule has 5 heteroatoms. The van der Waals surface area contributed by atoms with Gasteiger partial charge in [0.15, 0.2) is 11.6 Å². The molecule has 2 aliphatic carbocycles. The van der Waals surface area contributed by atoms with Crippen molar-refractivity contribution >= 4 is 11.6 Å². The summed E-state index contributed by atoms with van der Waals surface area (Å²) in [4.78, 5) is 0. The van der Waals surface area contributed by atoms with E-state index in [0.717, 1.165) is 30.7 Å². The topological polar surface area (TPSA) is 25.8 Å². The van der Waals surface area contributed by atoms with Crippen molar-refractivity contribution in [3.8, 4) is 11.3 Å². The second-order valence-corrected chi connectivity index (χ2v) is 7.83. The van der Waals surface area contributed by atoms with Gasteiger partial charge < -0.3 is 0 Å². The first-order valence-electron chi connectivity index (χ1n) is 7.79. The fraction of sp³-hybridized carbons (Fsp3) is 0.444. The summed E-state index contributed by atoms with van der Waals surface area (Å²) in [6.45, 7) is 6.80. The van der Waals surface area contributed by atoms with Crippen molar-refractivity contribution < 1.29 is 8.78 Å². The van der Waals surface area contributed by atoms with Crippen LogP contribution in [0.1, 0.15) is 50.8 Å². The van der Waals surface area contributed by atoms with Crippen LogP contribution in [0.5, 0.6) is 0 Å². The molecule has 0 spiro atoms. The molecule has 2 nitrogen and oxygen atoms in total. The number of fused-ring (bicyclic) bond motifs is 5. The van der Waals surface area contributed by atoms with Crippen LogP contribution in [0.4, 0.5) is 8.78 Å². The van der Waals surface area contributed by atoms with Crippen molar-refractivity contribution in [3.05, 3.63) is 46.1 Å². The minimum Gasteiger partial charge on any atom is -0.204 e. The van der Waals surface area contributed by atoms with Gasteiger partial charge in [-0.3, -0.25) is 0 Å². The Morgan fingerprint density at radius 2 is 1.78 bits per heavy atom. The van der Waals surface area contributed by atoms with E-state index in [2.05, 4.69) is 31.0 Å². The first-order valence-corrected chi connectivity index (χ1v) is 8.16. The Hall–Kier alpha value is -1.55. The largest absolute Gasteiger partial charge is 0.204 e. The summed E-state index contributed by atoms with van der Waals surface area (Å²) in [5.41, 5.74) is 3.25. The second kappa shape index (κ2) is 4.50. The summed E-state index contributed by atoms with van der Waals surface area (Å²) in [5, 5.41) is 8.86. The summed E-state index contributed by atoms with van der Waals surface area (Å²) >= 11 is 6.07. The third-order valence-corrected chi connectivity index (χ3v) is 6.55. The van der Waals surface area contributed by atoms with Gasteiger partial charge in [-0.05, 0) is 47.9 Å². The van der Waals surface area contributed by atoms with E-state index in [4.69, 9.17) is 11.6 Å². The molecule has 0 saturated heterocycles. The molecule has 2 aliphatic rings. The van der Waals surface area contributed by atoms with Crippen molar-refractivity contribution in [2.75, 3.05) is 0 Å². The fourth-order valence-corrected chi connectivity index (χ4v) is 4.67. The molecular weight excluding hydrogens is 318 g/mol. The monoisotopic (exact) mass is 334 g/mol. The third kappa shape index (κ3) is 1.78. The van der Waals surface area contributed by atoms with Crippen LogP contribution in [0, 0.1) is 17.0 Å². The summed E-state index contributed by atoms with van der Waals surface area (Å²) in [6.07, 6.45) is 2.23. The van der Waals surface area contributed by atoms with E-state index >= 15 is 0 Å². The Kier molecular flexibility index (Phi) is 2.94. The number of benzene rings is 1. The Morgan fingerprint density at radius 3 is 2.52 bits per heavy atom. The van der Waals surface area contributed by atoms with Gasteiger partial charge >= 0.3 is 0 Å². The van der Waals surface area contributed by atoms with E-state index in [-0.39, 0.29) is 15.9 Å². The zero-order chi connectivity index (χ0) is 16.6. The lowest BCUT2D eigenvalue weighted by molar-refractivity contribution is 0.226. The van der Waals surface area contributed by atoms with E-state index in [1.54, 1.807) is 0 Å². The van der Waals surface area contributed by atoms with Crippen LogP contribution in [-0.4, -0.2) is 10.2 Å². The maximum atomic E-state index is 13.6. The van der Waals surface area contributed by atoms with Crippen molar-refractivity contribution in [3.63, 3.8) is 0 Å². The highest BCUT2D eigenvalue weighted by molar-refractivity contribution is 6.33. The summed E-state index contributed by atoms with van der Waals surface area (Å²) in [6, 6.07) is 4.03. The number of hydrogen-bond acceptors (Lipinski definition) is 2. The van der Waals surface area contributed by atoms with Crippen LogP contribution in [0.2, 0.25) is 5.02 Å². The molecule has 1 aromatic heterocycles. The zero-order valence-corrected chi connectivity index (χ0v) is 14.0. The molecule has 2 atom stereocenters. The highest BCUT2D eigenvalue weighted by Gasteiger charge is 2.60. The summed E-state index contributed by atoms with van der Waals surface area (Å²) in [5.74, 6) is -1.47. The highest BCUT2D eigenvalue weighted by atomic mass is 35.5. The van der Waals surface area contributed by atoms with Gasteiger partial charge in [-0.15, -0.1) is 0 Å². The van der Waals surface area contributed by atoms with Crippen molar-refractivity contribution in [2.24, 2.45) is 5.41 Å². The Bertz CT molecular complexity index is 834. The smallest absolute Gasteiger partial charge is 0.160 e. The average molecular weight is 335 g/mol. The normalized spacial score (nSPS) is 27.3. The highest BCUT2D eigenvalue weighted by Crippen LogP contribution is 2.67. The first-order chi connectivity index (χ1) is 10.8. The molecule has 0 N–H and O–H groups in total. The van der Waals surface area contributed by atoms with Gasteiger partial charge in [-0.1, -0.05) is 32.4 Å². The second-order valence-electron chi connectivity index (χ2n) is 7.42. The van der Waals surface area contributed by atoms with Crippen LogP contribution in [0.3, 0.4) is 0 Å². The Balaban J connectivity index is 1.88. The van der Waals surface area contributed by atoms with Gasteiger partial charge in [0.2, 0.25) is 0 Å². The van der Waals surface area contributed by atoms with Crippen molar-refractivity contribution in [1.82, 2.24) is 10.2 Å². The molecular formula is C18H17ClF2N2. The van der Waals surface area contributed by atoms with Crippen LogP contribution in [-0.2, 0) is 5.41 Å². The van der Waals surface area contributed by atoms with E-state index in [0.29, 0.717) is 17.2 Å². The number of hydrogen-bond donors (Lipinski definition) is 0. The standard InChI is InChI=1S/C18H17ClF2N2/c1-17(2)11-4-5-18(17,3)16-9(11)7-15(22-23-16)10-6-13(20)14(21)8-12(10)19/h6-8,11H,4-5H2,1-3H3/t11-,18+/m0/s1. The van der Waals surface area contributed by atoms with Crippen molar-refractivity contribution in [2.45, 2.75) is 44.9 Å². The molecule has 0 radical (unpaired) electrons. The number of rotatable bonds is 1. The van der Waals surface area contributed by atoms with Gasteiger partial charge in [0.1, 0.15) is 0 Å². The predicted molar refractivity (Wildman–Crippen MR) is 85.5 cm³/mol. The number of aromatic nitrogens is 2. The van der Waals surface area contributed by atoms with E-state index in [1.165, 1.54) is 5.56 Å². The lowest BCUT2D eigenvalue weighted by Gasteiger charge is -2.33. The van der Waals surface area contributed by atoms with Gasteiger partial charge in [0, 0.05) is 11.0 Å². The average Bonchev–Trinajstić information content (AvgIpc) is 2.82. The maximum absolute atomic E-state index is 13.6. The zero-order valence-electron chi connectivity index (χ0n) is 13.3. The molecule has 4 rings (SSSR count). The first kappa shape index (κ1) is 15.0. The van der Waals surface area contributed by atoms with Gasteiger partial charge in [0.25, 0.3) is 0 Å². The lowest BCUT2D eigenvalue weighted by atomic mass is 9.70. The number of nitrogens with zero attached hydrogens (tertiary/aromatic N) is 2. The van der Waals surface area contributed by atoms with Crippen LogP contribution in [0.25, 0.3) is 11.3 Å². The van der Waals surface area contributed by atoms with Gasteiger partial charge in [0.05, 0.1) is 16.4 Å². The van der Waals surface area contributed by atoms with E-state index in [1.807, 2.05) is 6.07 Å².